The number of carbonyl (C=O) groups excluding carboxylic acids is 3. The molecule has 0 aliphatic carbocycles. The Bertz CT molecular complexity index is 368. The number of esters is 2. The lowest BCUT2D eigenvalue weighted by Gasteiger charge is -2.21. The van der Waals surface area contributed by atoms with Gasteiger partial charge in [0, 0.05) is 0 Å². The molecule has 0 heterocycles. The van der Waals surface area contributed by atoms with Gasteiger partial charge in [-0.3, -0.25) is 9.59 Å². The molecule has 0 aromatic rings. The Hall–Kier alpha value is -1.63. The van der Waals surface area contributed by atoms with Crippen molar-refractivity contribution in [2.45, 2.75) is 45.8 Å². The average molecular weight is 303 g/mol. The number of hydrogen-bond donors (Lipinski definition) is 2. The molecule has 0 radical (unpaired) electrons. The molecule has 0 aromatic carbocycles. The van der Waals surface area contributed by atoms with Crippen LogP contribution >= 0.6 is 0 Å². The van der Waals surface area contributed by atoms with Crippen molar-refractivity contribution in [3.63, 3.8) is 0 Å². The lowest BCUT2D eigenvalue weighted by Crippen LogP contribution is -2.47. The minimum absolute atomic E-state index is 0.0412. The van der Waals surface area contributed by atoms with Gasteiger partial charge >= 0.3 is 11.9 Å². The van der Waals surface area contributed by atoms with Gasteiger partial charge in [-0.05, 0) is 18.8 Å². The van der Waals surface area contributed by atoms with Crippen molar-refractivity contribution >= 4 is 17.8 Å². The molecule has 122 valence electrons. The van der Waals surface area contributed by atoms with Crippen LogP contribution in [0.3, 0.4) is 0 Å². The number of methoxy groups -OCH3 is 2. The lowest BCUT2D eigenvalue weighted by atomic mass is 10.0. The molecule has 0 unspecified atom stereocenters. The quantitative estimate of drug-likeness (QED) is 0.623. The van der Waals surface area contributed by atoms with Gasteiger partial charge < -0.3 is 19.9 Å². The Morgan fingerprint density at radius 2 is 1.52 bits per heavy atom. The third-order valence-corrected chi connectivity index (χ3v) is 2.99. The lowest BCUT2D eigenvalue weighted by molar-refractivity contribution is -0.149. The Morgan fingerprint density at radius 1 is 1.00 bits per heavy atom. The highest BCUT2D eigenvalue weighted by Gasteiger charge is 2.29. The normalized spacial score (nSPS) is 15.0. The summed E-state index contributed by atoms with van der Waals surface area (Å²) in [6, 6.07) is -1.00. The van der Waals surface area contributed by atoms with Gasteiger partial charge in [0.05, 0.1) is 20.1 Å². The first-order valence-electron chi connectivity index (χ1n) is 6.87. The molecule has 0 spiro atoms. The van der Waals surface area contributed by atoms with Gasteiger partial charge in [0.15, 0.2) is 0 Å². The summed E-state index contributed by atoms with van der Waals surface area (Å²) < 4.78 is 9.18. The van der Waals surface area contributed by atoms with Crippen molar-refractivity contribution in [3.05, 3.63) is 0 Å². The summed E-state index contributed by atoms with van der Waals surface area (Å²) in [6.45, 7) is 5.32. The maximum Gasteiger partial charge on any atom is 0.328 e. The van der Waals surface area contributed by atoms with Crippen LogP contribution in [-0.4, -0.2) is 49.3 Å². The highest BCUT2D eigenvalue weighted by molar-refractivity contribution is 5.87. The molecule has 0 saturated heterocycles. The van der Waals surface area contributed by atoms with E-state index in [1.165, 1.54) is 14.2 Å². The predicted octanol–water partition coefficient (Wildman–Crippen LogP) is 0.250. The number of nitrogens with one attached hydrogen (secondary N) is 1. The van der Waals surface area contributed by atoms with Crippen molar-refractivity contribution in [3.8, 4) is 0 Å². The van der Waals surface area contributed by atoms with Crippen LogP contribution in [0.25, 0.3) is 0 Å². The number of aliphatic hydroxyl groups is 1. The van der Waals surface area contributed by atoms with E-state index >= 15 is 0 Å². The molecule has 0 rings (SSSR count). The van der Waals surface area contributed by atoms with E-state index in [4.69, 9.17) is 0 Å². The van der Waals surface area contributed by atoms with E-state index in [0.29, 0.717) is 0 Å². The van der Waals surface area contributed by atoms with E-state index in [9.17, 15) is 19.5 Å². The van der Waals surface area contributed by atoms with Crippen LogP contribution in [0.4, 0.5) is 0 Å². The highest BCUT2D eigenvalue weighted by atomic mass is 16.5. The van der Waals surface area contributed by atoms with Crippen LogP contribution in [0.15, 0.2) is 0 Å². The van der Waals surface area contributed by atoms with Gasteiger partial charge in [-0.2, -0.15) is 0 Å². The van der Waals surface area contributed by atoms with Crippen molar-refractivity contribution in [2.24, 2.45) is 11.8 Å². The molecule has 21 heavy (non-hydrogen) atoms. The predicted molar refractivity (Wildman–Crippen MR) is 75.2 cm³/mol. The number of hydrogen-bond acceptors (Lipinski definition) is 6. The summed E-state index contributed by atoms with van der Waals surface area (Å²) in [5.41, 5.74) is 0. The molecule has 7 heteroatoms. The number of aliphatic hydroxyl groups excluding tert-OH is 1. The molecule has 0 fully saturated rings. The summed E-state index contributed by atoms with van der Waals surface area (Å²) >= 11 is 0. The molecule has 7 nitrogen and oxygen atoms in total. The fourth-order valence-electron chi connectivity index (χ4n) is 1.83. The van der Waals surface area contributed by atoms with E-state index in [0.717, 1.165) is 0 Å². The fourth-order valence-corrected chi connectivity index (χ4v) is 1.83. The highest BCUT2D eigenvalue weighted by Crippen LogP contribution is 2.11. The van der Waals surface area contributed by atoms with Gasteiger partial charge in [-0.1, -0.05) is 20.8 Å². The third-order valence-electron chi connectivity index (χ3n) is 2.99. The molecule has 0 aromatic heterocycles. The molecule has 0 aliphatic rings. The largest absolute Gasteiger partial charge is 0.469 e. The second-order valence-corrected chi connectivity index (χ2v) is 5.39. The summed E-state index contributed by atoms with van der Waals surface area (Å²) in [4.78, 5) is 34.9. The van der Waals surface area contributed by atoms with Crippen molar-refractivity contribution < 1.29 is 29.0 Å². The maximum absolute atomic E-state index is 11.8. The van der Waals surface area contributed by atoms with Gasteiger partial charge in [-0.25, -0.2) is 4.79 Å². The maximum atomic E-state index is 11.8. The van der Waals surface area contributed by atoms with Gasteiger partial charge in [0.25, 0.3) is 0 Å². The smallest absolute Gasteiger partial charge is 0.328 e. The van der Waals surface area contributed by atoms with E-state index < -0.39 is 35.9 Å². The van der Waals surface area contributed by atoms with Gasteiger partial charge in [-0.15, -0.1) is 0 Å². The second-order valence-electron chi connectivity index (χ2n) is 5.39. The topological polar surface area (TPSA) is 102 Å². The zero-order valence-corrected chi connectivity index (χ0v) is 13.2. The van der Waals surface area contributed by atoms with Crippen molar-refractivity contribution in [1.82, 2.24) is 5.32 Å². The van der Waals surface area contributed by atoms with Crippen LogP contribution in [0.2, 0.25) is 0 Å². The standard InChI is InChI=1S/C14H25NO6/c1-8(2)6-11(16)12(17)15-10(14(19)21-5)7-9(3)13(18)20-4/h8-11,16H,6-7H2,1-5H3,(H,15,17)/t9-,10-,11+/m1/s1. The average Bonchev–Trinajstić information content (AvgIpc) is 2.43. The molecular formula is C14H25NO6. The number of ether oxygens (including phenoxy) is 2. The van der Waals surface area contributed by atoms with Crippen molar-refractivity contribution in [2.75, 3.05) is 14.2 Å². The van der Waals surface area contributed by atoms with E-state index in [2.05, 4.69) is 14.8 Å². The van der Waals surface area contributed by atoms with Crippen LogP contribution in [-0.2, 0) is 23.9 Å². The van der Waals surface area contributed by atoms with E-state index in [1.807, 2.05) is 13.8 Å². The molecule has 0 aliphatic heterocycles. The fraction of sp³-hybridized carbons (Fsp3) is 0.786. The number of rotatable bonds is 8. The van der Waals surface area contributed by atoms with Gasteiger partial charge in [0.2, 0.25) is 5.91 Å². The van der Waals surface area contributed by atoms with Crippen LogP contribution < -0.4 is 5.32 Å². The van der Waals surface area contributed by atoms with Crippen molar-refractivity contribution in [1.29, 1.82) is 0 Å². The van der Waals surface area contributed by atoms with Crippen LogP contribution in [0.1, 0.15) is 33.6 Å². The zero-order chi connectivity index (χ0) is 16.6. The zero-order valence-electron chi connectivity index (χ0n) is 13.2. The molecule has 1 amide bonds. The summed E-state index contributed by atoms with van der Waals surface area (Å²) in [6.07, 6.45) is -0.878. The summed E-state index contributed by atoms with van der Waals surface area (Å²) in [7, 11) is 2.44. The molecule has 3 atom stereocenters. The first kappa shape index (κ1) is 19.4. The first-order valence-corrected chi connectivity index (χ1v) is 6.87. The molecule has 2 N–H and O–H groups in total. The van der Waals surface area contributed by atoms with E-state index in [1.54, 1.807) is 6.92 Å². The third kappa shape index (κ3) is 7.08. The minimum atomic E-state index is -1.20. The van der Waals surface area contributed by atoms with Crippen LogP contribution in [0, 0.1) is 11.8 Å². The summed E-state index contributed by atoms with van der Waals surface area (Å²) in [5.74, 6) is -2.26. The minimum Gasteiger partial charge on any atom is -0.469 e. The Labute approximate surface area is 125 Å². The first-order chi connectivity index (χ1) is 9.72. The second kappa shape index (κ2) is 9.33. The Morgan fingerprint density at radius 3 is 1.95 bits per heavy atom. The summed E-state index contributed by atoms with van der Waals surface area (Å²) in [5, 5.41) is 12.1. The molecule has 0 bridgehead atoms. The van der Waals surface area contributed by atoms with Gasteiger partial charge in [0.1, 0.15) is 12.1 Å². The van der Waals surface area contributed by atoms with Crippen LogP contribution in [0.5, 0.6) is 0 Å². The van der Waals surface area contributed by atoms with E-state index in [-0.39, 0.29) is 18.8 Å². The number of carbonyl (C=O) groups is 3. The number of amides is 1. The Kier molecular flexibility index (Phi) is 8.61. The molecular weight excluding hydrogens is 278 g/mol. The Balaban J connectivity index is 4.74. The monoisotopic (exact) mass is 303 g/mol. The SMILES string of the molecule is COC(=O)[C@H](C)C[C@@H](NC(=O)[C@@H](O)CC(C)C)C(=O)OC. The molecule has 0 saturated carbocycles.